The Hall–Kier alpha value is -1.13. The summed E-state index contributed by atoms with van der Waals surface area (Å²) in [6.07, 6.45) is 2.97. The van der Waals surface area contributed by atoms with Gasteiger partial charge in [0.1, 0.15) is 11.6 Å². The van der Waals surface area contributed by atoms with Crippen molar-refractivity contribution in [1.29, 1.82) is 0 Å². The molecule has 1 aliphatic rings. The maximum Gasteiger partial charge on any atom is 0.123 e. The quantitative estimate of drug-likeness (QED) is 0.821. The number of aliphatic hydroxyl groups is 1. The lowest BCUT2D eigenvalue weighted by atomic mass is 10.1. The summed E-state index contributed by atoms with van der Waals surface area (Å²) in [5.41, 5.74) is 1.02. The van der Waals surface area contributed by atoms with Crippen molar-refractivity contribution >= 4 is 0 Å². The smallest absolute Gasteiger partial charge is 0.123 e. The van der Waals surface area contributed by atoms with Gasteiger partial charge >= 0.3 is 0 Å². The Balaban J connectivity index is 1.89. The third kappa shape index (κ3) is 3.67. The van der Waals surface area contributed by atoms with Gasteiger partial charge in [-0.1, -0.05) is 0 Å². The van der Waals surface area contributed by atoms with Crippen LogP contribution in [0.3, 0.4) is 0 Å². The van der Waals surface area contributed by atoms with E-state index in [-0.39, 0.29) is 17.8 Å². The maximum absolute atomic E-state index is 13.2. The number of hydrogen-bond acceptors (Lipinski definition) is 3. The molecule has 4 heteroatoms. The monoisotopic (exact) mass is 267 g/mol. The summed E-state index contributed by atoms with van der Waals surface area (Å²) in [6.45, 7) is 2.00. The average molecular weight is 267 g/mol. The van der Waals surface area contributed by atoms with Gasteiger partial charge in [0, 0.05) is 25.1 Å². The summed E-state index contributed by atoms with van der Waals surface area (Å²) >= 11 is 0. The van der Waals surface area contributed by atoms with E-state index in [0.717, 1.165) is 43.7 Å². The molecule has 19 heavy (non-hydrogen) atoms. The lowest BCUT2D eigenvalue weighted by molar-refractivity contribution is 0.164. The van der Waals surface area contributed by atoms with E-state index in [1.807, 2.05) is 7.05 Å². The number of methoxy groups -OCH3 is 1. The third-order valence-electron chi connectivity index (χ3n) is 3.90. The first-order valence-corrected chi connectivity index (χ1v) is 6.70. The number of halogens is 1. The van der Waals surface area contributed by atoms with Crippen LogP contribution in [0, 0.1) is 11.2 Å². The van der Waals surface area contributed by atoms with Crippen molar-refractivity contribution in [1.82, 2.24) is 4.90 Å². The Morgan fingerprint density at radius 2 is 2.16 bits per heavy atom. The molecular weight excluding hydrogens is 245 g/mol. The molecular formula is C15H22FNO2. The topological polar surface area (TPSA) is 32.7 Å². The van der Waals surface area contributed by atoms with Crippen molar-refractivity contribution < 1.29 is 14.2 Å². The summed E-state index contributed by atoms with van der Waals surface area (Å²) in [5, 5.41) is 9.31. The van der Waals surface area contributed by atoms with Gasteiger partial charge in [-0.05, 0) is 50.1 Å². The molecule has 0 amide bonds. The molecule has 2 rings (SSSR count). The Kier molecular flexibility index (Phi) is 4.42. The van der Waals surface area contributed by atoms with E-state index in [4.69, 9.17) is 4.74 Å². The van der Waals surface area contributed by atoms with Crippen LogP contribution in [0.2, 0.25) is 0 Å². The Bertz CT molecular complexity index is 432. The highest BCUT2D eigenvalue weighted by Gasteiger charge is 2.42. The van der Waals surface area contributed by atoms with Crippen LogP contribution in [0.15, 0.2) is 18.2 Å². The largest absolute Gasteiger partial charge is 0.496 e. The van der Waals surface area contributed by atoms with Crippen LogP contribution in [0.25, 0.3) is 0 Å². The summed E-state index contributed by atoms with van der Waals surface area (Å²) in [4.78, 5) is 2.20. The number of benzene rings is 1. The van der Waals surface area contributed by atoms with Gasteiger partial charge in [0.05, 0.1) is 7.11 Å². The molecule has 106 valence electrons. The van der Waals surface area contributed by atoms with Crippen molar-refractivity contribution in [3.63, 3.8) is 0 Å². The van der Waals surface area contributed by atoms with Crippen LogP contribution in [0.5, 0.6) is 5.75 Å². The van der Waals surface area contributed by atoms with Crippen LogP contribution in [0.4, 0.5) is 4.39 Å². The van der Waals surface area contributed by atoms with Crippen LogP contribution >= 0.6 is 0 Å². The number of hydrogen-bond donors (Lipinski definition) is 1. The third-order valence-corrected chi connectivity index (χ3v) is 3.90. The molecule has 0 spiro atoms. The number of ether oxygens (including phenoxy) is 1. The number of nitrogens with zero attached hydrogens (tertiary/aromatic N) is 1. The van der Waals surface area contributed by atoms with E-state index in [2.05, 4.69) is 4.90 Å². The molecule has 1 aromatic rings. The molecule has 0 atom stereocenters. The van der Waals surface area contributed by atoms with E-state index in [9.17, 15) is 9.50 Å². The van der Waals surface area contributed by atoms with Gasteiger partial charge in [0.2, 0.25) is 0 Å². The minimum absolute atomic E-state index is 0.126. The van der Waals surface area contributed by atoms with Gasteiger partial charge in [-0.2, -0.15) is 0 Å². The molecule has 1 aliphatic carbocycles. The first-order chi connectivity index (χ1) is 9.08. The number of likely N-dealkylation sites (N-methyl/N-ethyl adjacent to an activating group) is 1. The predicted octanol–water partition coefficient (Wildman–Crippen LogP) is 2.08. The zero-order valence-corrected chi connectivity index (χ0v) is 11.7. The molecule has 1 fully saturated rings. The van der Waals surface area contributed by atoms with Crippen molar-refractivity contribution in [2.24, 2.45) is 5.41 Å². The van der Waals surface area contributed by atoms with Crippen LogP contribution < -0.4 is 4.74 Å². The fraction of sp³-hybridized carbons (Fsp3) is 0.600. The van der Waals surface area contributed by atoms with E-state index >= 15 is 0 Å². The average Bonchev–Trinajstić information content (AvgIpc) is 3.17. The predicted molar refractivity (Wildman–Crippen MR) is 72.9 cm³/mol. The molecule has 1 aromatic carbocycles. The Morgan fingerprint density at radius 1 is 1.42 bits per heavy atom. The highest BCUT2D eigenvalue weighted by atomic mass is 19.1. The van der Waals surface area contributed by atoms with E-state index < -0.39 is 0 Å². The fourth-order valence-corrected chi connectivity index (χ4v) is 2.45. The first-order valence-electron chi connectivity index (χ1n) is 6.70. The molecule has 0 unspecified atom stereocenters. The molecule has 1 N–H and O–H groups in total. The summed E-state index contributed by atoms with van der Waals surface area (Å²) in [5.74, 6) is 0.505. The van der Waals surface area contributed by atoms with Crippen LogP contribution in [-0.4, -0.2) is 43.9 Å². The molecule has 0 radical (unpaired) electrons. The normalized spacial score (nSPS) is 16.7. The van der Waals surface area contributed by atoms with Crippen molar-refractivity contribution in [2.45, 2.75) is 19.3 Å². The highest BCUT2D eigenvalue weighted by molar-refractivity contribution is 5.34. The van der Waals surface area contributed by atoms with Gasteiger partial charge < -0.3 is 14.7 Å². The van der Waals surface area contributed by atoms with E-state index in [0.29, 0.717) is 0 Å². The second-order valence-corrected chi connectivity index (χ2v) is 5.60. The van der Waals surface area contributed by atoms with Crippen LogP contribution in [0.1, 0.15) is 18.4 Å². The molecule has 0 aromatic heterocycles. The fourth-order valence-electron chi connectivity index (χ4n) is 2.45. The second-order valence-electron chi connectivity index (χ2n) is 5.60. The van der Waals surface area contributed by atoms with Crippen LogP contribution in [-0.2, 0) is 6.42 Å². The zero-order valence-electron chi connectivity index (χ0n) is 11.7. The Labute approximate surface area is 114 Å². The molecule has 3 nitrogen and oxygen atoms in total. The number of rotatable bonds is 7. The molecule has 0 bridgehead atoms. The van der Waals surface area contributed by atoms with Gasteiger partial charge in [0.25, 0.3) is 0 Å². The molecule has 0 saturated heterocycles. The molecule has 1 saturated carbocycles. The van der Waals surface area contributed by atoms with Gasteiger partial charge in [-0.3, -0.25) is 0 Å². The minimum Gasteiger partial charge on any atom is -0.496 e. The van der Waals surface area contributed by atoms with Gasteiger partial charge in [-0.15, -0.1) is 0 Å². The maximum atomic E-state index is 13.2. The summed E-state index contributed by atoms with van der Waals surface area (Å²) in [6, 6.07) is 4.61. The standard InChI is InChI=1S/C15H22FNO2/c1-17(10-15(11-18)6-7-15)8-5-12-9-13(16)3-4-14(12)19-2/h3-4,9,18H,5-8,10-11H2,1-2H3. The van der Waals surface area contributed by atoms with Crippen molar-refractivity contribution in [3.05, 3.63) is 29.6 Å². The lowest BCUT2D eigenvalue weighted by Crippen LogP contribution is -2.30. The summed E-state index contributed by atoms with van der Waals surface area (Å²) in [7, 11) is 3.65. The SMILES string of the molecule is COc1ccc(F)cc1CCN(C)CC1(CO)CC1. The minimum atomic E-state index is -0.229. The Morgan fingerprint density at radius 3 is 2.74 bits per heavy atom. The van der Waals surface area contributed by atoms with Gasteiger partial charge in [0.15, 0.2) is 0 Å². The molecule has 0 heterocycles. The van der Waals surface area contributed by atoms with Crippen molar-refractivity contribution in [3.8, 4) is 5.75 Å². The highest BCUT2D eigenvalue weighted by Crippen LogP contribution is 2.45. The summed E-state index contributed by atoms with van der Waals surface area (Å²) < 4.78 is 18.5. The van der Waals surface area contributed by atoms with Crippen molar-refractivity contribution in [2.75, 3.05) is 33.9 Å². The number of aliphatic hydroxyl groups excluding tert-OH is 1. The van der Waals surface area contributed by atoms with Gasteiger partial charge in [-0.25, -0.2) is 4.39 Å². The second kappa shape index (κ2) is 5.88. The zero-order chi connectivity index (χ0) is 13.9. The first kappa shape index (κ1) is 14.3. The van der Waals surface area contributed by atoms with E-state index in [1.165, 1.54) is 12.1 Å². The van der Waals surface area contributed by atoms with E-state index in [1.54, 1.807) is 13.2 Å². The molecule has 0 aliphatic heterocycles. The lowest BCUT2D eigenvalue weighted by Gasteiger charge is -2.22.